The summed E-state index contributed by atoms with van der Waals surface area (Å²) in [5.74, 6) is 0.372. The number of anilines is 1. The van der Waals surface area contributed by atoms with Crippen LogP contribution >= 0.6 is 0 Å². The van der Waals surface area contributed by atoms with Crippen molar-refractivity contribution in [3.05, 3.63) is 47.8 Å². The molecule has 1 N–H and O–H groups in total. The monoisotopic (exact) mass is 339 g/mol. The van der Waals surface area contributed by atoms with Gasteiger partial charge in [-0.05, 0) is 24.2 Å². The van der Waals surface area contributed by atoms with Gasteiger partial charge in [0.1, 0.15) is 0 Å². The van der Waals surface area contributed by atoms with Crippen LogP contribution in [0.15, 0.2) is 36.7 Å². The lowest BCUT2D eigenvalue weighted by molar-refractivity contribution is -0.122. The third-order valence-corrected chi connectivity index (χ3v) is 5.38. The summed E-state index contributed by atoms with van der Waals surface area (Å²) in [5.41, 5.74) is 3.43. The molecule has 25 heavy (non-hydrogen) atoms. The third-order valence-electron chi connectivity index (χ3n) is 5.38. The second kappa shape index (κ2) is 6.61. The molecular formula is C19H25N5O. The Labute approximate surface area is 148 Å². The van der Waals surface area contributed by atoms with Gasteiger partial charge in [0.15, 0.2) is 0 Å². The van der Waals surface area contributed by atoms with Gasteiger partial charge in [-0.3, -0.25) is 9.48 Å². The van der Waals surface area contributed by atoms with Crippen LogP contribution < -0.4 is 10.2 Å². The Morgan fingerprint density at radius 3 is 2.84 bits per heavy atom. The van der Waals surface area contributed by atoms with E-state index in [1.54, 1.807) is 0 Å². The molecule has 0 aliphatic carbocycles. The van der Waals surface area contributed by atoms with Crippen molar-refractivity contribution < 1.29 is 4.79 Å². The summed E-state index contributed by atoms with van der Waals surface area (Å²) in [5, 5.41) is 7.69. The Morgan fingerprint density at radius 2 is 2.04 bits per heavy atom. The second-order valence-electron chi connectivity index (χ2n) is 7.17. The van der Waals surface area contributed by atoms with Gasteiger partial charge in [0.2, 0.25) is 5.91 Å². The van der Waals surface area contributed by atoms with Crippen molar-refractivity contribution in [2.24, 2.45) is 13.0 Å². The van der Waals surface area contributed by atoms with Crippen LogP contribution in [0, 0.1) is 5.92 Å². The van der Waals surface area contributed by atoms with E-state index in [1.807, 2.05) is 35.1 Å². The minimum Gasteiger partial charge on any atom is -0.315 e. The van der Waals surface area contributed by atoms with Crippen molar-refractivity contribution in [3.8, 4) is 0 Å². The van der Waals surface area contributed by atoms with E-state index in [9.17, 15) is 4.79 Å². The molecule has 2 atom stereocenters. The minimum absolute atomic E-state index is 0.0411. The van der Waals surface area contributed by atoms with Gasteiger partial charge in [-0.25, -0.2) is 0 Å². The molecule has 1 aromatic heterocycles. The zero-order valence-corrected chi connectivity index (χ0v) is 14.9. The number of likely N-dealkylation sites (N-methyl/N-ethyl adjacent to an activating group) is 1. The van der Waals surface area contributed by atoms with Crippen molar-refractivity contribution in [1.29, 1.82) is 0 Å². The highest BCUT2D eigenvalue weighted by Crippen LogP contribution is 2.32. The quantitative estimate of drug-likeness (QED) is 0.893. The fourth-order valence-electron chi connectivity index (χ4n) is 4.02. The molecule has 4 rings (SSSR count). The molecular weight excluding hydrogens is 314 g/mol. The van der Waals surface area contributed by atoms with Crippen molar-refractivity contribution >= 4 is 11.6 Å². The van der Waals surface area contributed by atoms with Crippen LogP contribution in [0.25, 0.3) is 0 Å². The van der Waals surface area contributed by atoms with E-state index in [1.165, 1.54) is 5.56 Å². The average Bonchev–Trinajstić information content (AvgIpc) is 3.21. The summed E-state index contributed by atoms with van der Waals surface area (Å²) in [6.45, 7) is 4.07. The SMILES string of the molecule is CN1CCN(C(=O)[C@H]2CNC[C@@H]2c2cnn(C)c2)c2ccccc2C1. The van der Waals surface area contributed by atoms with Crippen molar-refractivity contribution in [3.63, 3.8) is 0 Å². The molecule has 0 radical (unpaired) electrons. The van der Waals surface area contributed by atoms with Crippen LogP contribution in [0.5, 0.6) is 0 Å². The van der Waals surface area contributed by atoms with Gasteiger partial charge >= 0.3 is 0 Å². The molecule has 2 aromatic rings. The van der Waals surface area contributed by atoms with Gasteiger partial charge in [0, 0.05) is 57.6 Å². The fourth-order valence-corrected chi connectivity index (χ4v) is 4.02. The van der Waals surface area contributed by atoms with E-state index in [-0.39, 0.29) is 17.7 Å². The Bertz CT molecular complexity index is 771. The van der Waals surface area contributed by atoms with Crippen molar-refractivity contribution in [2.45, 2.75) is 12.5 Å². The molecule has 0 bridgehead atoms. The molecule has 3 heterocycles. The van der Waals surface area contributed by atoms with Gasteiger partial charge in [-0.15, -0.1) is 0 Å². The van der Waals surface area contributed by atoms with Crippen molar-refractivity contribution in [2.75, 3.05) is 38.1 Å². The van der Waals surface area contributed by atoms with E-state index < -0.39 is 0 Å². The molecule has 6 nitrogen and oxygen atoms in total. The molecule has 0 unspecified atom stereocenters. The van der Waals surface area contributed by atoms with Gasteiger partial charge in [-0.2, -0.15) is 5.10 Å². The lowest BCUT2D eigenvalue weighted by Crippen LogP contribution is -2.41. The molecule has 0 spiro atoms. The highest BCUT2D eigenvalue weighted by atomic mass is 16.2. The maximum Gasteiger partial charge on any atom is 0.232 e. The molecule has 2 aliphatic rings. The van der Waals surface area contributed by atoms with E-state index in [0.29, 0.717) is 0 Å². The fraction of sp³-hybridized carbons (Fsp3) is 0.474. The standard InChI is InChI=1S/C19H25N5O/c1-22-7-8-24(18-6-4-3-5-14(18)12-22)19(25)17-11-20-10-16(17)15-9-21-23(2)13-15/h3-6,9,13,16-17,20H,7-8,10-12H2,1-2H3/t16-,17+/m1/s1. The molecule has 1 aromatic carbocycles. The van der Waals surface area contributed by atoms with Gasteiger partial charge in [-0.1, -0.05) is 18.2 Å². The van der Waals surface area contributed by atoms with Crippen LogP contribution in [-0.2, 0) is 18.4 Å². The summed E-state index contributed by atoms with van der Waals surface area (Å²) in [6, 6.07) is 8.28. The van der Waals surface area contributed by atoms with Crippen LogP contribution in [0.4, 0.5) is 5.69 Å². The number of benzene rings is 1. The summed E-state index contributed by atoms with van der Waals surface area (Å²) < 4.78 is 1.81. The van der Waals surface area contributed by atoms with Gasteiger partial charge < -0.3 is 15.1 Å². The first-order valence-electron chi connectivity index (χ1n) is 8.90. The Hall–Kier alpha value is -2.18. The second-order valence-corrected chi connectivity index (χ2v) is 7.17. The molecule has 6 heteroatoms. The molecule has 1 fully saturated rings. The smallest absolute Gasteiger partial charge is 0.232 e. The van der Waals surface area contributed by atoms with Crippen LogP contribution in [0.3, 0.4) is 0 Å². The number of rotatable bonds is 2. The summed E-state index contributed by atoms with van der Waals surface area (Å²) in [4.78, 5) is 17.7. The lowest BCUT2D eigenvalue weighted by atomic mass is 9.89. The van der Waals surface area contributed by atoms with E-state index in [0.717, 1.165) is 44.0 Å². The minimum atomic E-state index is -0.0411. The molecule has 0 saturated carbocycles. The van der Waals surface area contributed by atoms with Crippen LogP contribution in [0.2, 0.25) is 0 Å². The number of hydrogen-bond acceptors (Lipinski definition) is 4. The van der Waals surface area contributed by atoms with E-state index >= 15 is 0 Å². The lowest BCUT2D eigenvalue weighted by Gasteiger charge is -2.27. The van der Waals surface area contributed by atoms with E-state index in [2.05, 4.69) is 40.6 Å². The number of aromatic nitrogens is 2. The first-order chi connectivity index (χ1) is 12.1. The number of hydrogen-bond donors (Lipinski definition) is 1. The number of carbonyl (C=O) groups is 1. The predicted molar refractivity (Wildman–Crippen MR) is 97.4 cm³/mol. The Kier molecular flexibility index (Phi) is 4.31. The average molecular weight is 339 g/mol. The van der Waals surface area contributed by atoms with Crippen LogP contribution in [-0.4, -0.2) is 53.8 Å². The zero-order chi connectivity index (χ0) is 17.4. The van der Waals surface area contributed by atoms with Gasteiger partial charge in [0.05, 0.1) is 12.1 Å². The number of para-hydroxylation sites is 1. The number of carbonyl (C=O) groups excluding carboxylic acids is 1. The zero-order valence-electron chi connectivity index (χ0n) is 14.9. The summed E-state index contributed by atoms with van der Waals surface area (Å²) in [7, 11) is 4.03. The number of aryl methyl sites for hydroxylation is 1. The molecule has 1 amide bonds. The highest BCUT2D eigenvalue weighted by Gasteiger charge is 2.38. The predicted octanol–water partition coefficient (Wildman–Crippen LogP) is 1.20. The largest absolute Gasteiger partial charge is 0.315 e. The first-order valence-corrected chi connectivity index (χ1v) is 8.90. The number of fused-ring (bicyclic) bond motifs is 1. The number of nitrogens with zero attached hydrogens (tertiary/aromatic N) is 4. The summed E-state index contributed by atoms with van der Waals surface area (Å²) >= 11 is 0. The van der Waals surface area contributed by atoms with Crippen molar-refractivity contribution in [1.82, 2.24) is 20.0 Å². The molecule has 132 valence electrons. The van der Waals surface area contributed by atoms with Crippen LogP contribution in [0.1, 0.15) is 17.0 Å². The Morgan fingerprint density at radius 1 is 1.20 bits per heavy atom. The maximum atomic E-state index is 13.5. The third kappa shape index (κ3) is 3.07. The molecule has 1 saturated heterocycles. The normalized spacial score (nSPS) is 24.2. The molecule has 2 aliphatic heterocycles. The maximum absolute atomic E-state index is 13.5. The topological polar surface area (TPSA) is 53.4 Å². The summed E-state index contributed by atoms with van der Waals surface area (Å²) in [6.07, 6.45) is 3.92. The highest BCUT2D eigenvalue weighted by molar-refractivity contribution is 5.97. The van der Waals surface area contributed by atoms with Gasteiger partial charge in [0.25, 0.3) is 0 Å². The number of amides is 1. The first kappa shape index (κ1) is 16.3. The van der Waals surface area contributed by atoms with E-state index in [4.69, 9.17) is 0 Å². The Balaban J connectivity index is 1.63. The number of nitrogens with one attached hydrogen (secondary N) is 1.